The zero-order chi connectivity index (χ0) is 18.8. The van der Waals surface area contributed by atoms with Gasteiger partial charge in [0.15, 0.2) is 11.5 Å². The van der Waals surface area contributed by atoms with Crippen molar-refractivity contribution < 1.29 is 19.0 Å². The van der Waals surface area contributed by atoms with Crippen molar-refractivity contribution in [3.05, 3.63) is 33.8 Å². The summed E-state index contributed by atoms with van der Waals surface area (Å²) in [6.45, 7) is 3.75. The molecule has 0 aliphatic rings. The Kier molecular flexibility index (Phi) is 4.94. The first kappa shape index (κ1) is 17.9. The molecule has 26 heavy (non-hydrogen) atoms. The number of anilines is 2. The van der Waals surface area contributed by atoms with Crippen LogP contribution in [0.2, 0.25) is 0 Å². The average Bonchev–Trinajstić information content (AvgIpc) is 3.00. The highest BCUT2D eigenvalue weighted by atomic mass is 32.1. The third-order valence-corrected chi connectivity index (χ3v) is 4.90. The Hall–Kier alpha value is -2.87. The van der Waals surface area contributed by atoms with Gasteiger partial charge in [-0.1, -0.05) is 0 Å². The summed E-state index contributed by atoms with van der Waals surface area (Å²) < 4.78 is 15.5. The molecule has 0 unspecified atom stereocenters. The number of ether oxygens (including phenoxy) is 3. The summed E-state index contributed by atoms with van der Waals surface area (Å²) in [5.74, 6) is 2.08. The first-order valence-electron chi connectivity index (χ1n) is 7.83. The van der Waals surface area contributed by atoms with E-state index >= 15 is 0 Å². The lowest BCUT2D eigenvalue weighted by molar-refractivity contribution is 0.0606. The molecule has 0 amide bonds. The normalized spacial score (nSPS) is 10.7. The monoisotopic (exact) mass is 373 g/mol. The summed E-state index contributed by atoms with van der Waals surface area (Å²) >= 11 is 1.36. The van der Waals surface area contributed by atoms with Crippen molar-refractivity contribution >= 4 is 39.7 Å². The van der Waals surface area contributed by atoms with Gasteiger partial charge in [-0.15, -0.1) is 11.3 Å². The van der Waals surface area contributed by atoms with E-state index in [9.17, 15) is 4.79 Å². The smallest absolute Gasteiger partial charge is 0.348 e. The lowest BCUT2D eigenvalue weighted by Crippen LogP contribution is -2.01. The van der Waals surface area contributed by atoms with Crippen molar-refractivity contribution in [3.63, 3.8) is 0 Å². The highest BCUT2D eigenvalue weighted by molar-refractivity contribution is 7.14. The molecule has 1 N–H and O–H groups in total. The number of aromatic nitrogens is 2. The number of nitrogens with one attached hydrogen (secondary N) is 1. The topological polar surface area (TPSA) is 82.6 Å². The van der Waals surface area contributed by atoms with Crippen LogP contribution in [0.15, 0.2) is 18.2 Å². The van der Waals surface area contributed by atoms with E-state index in [4.69, 9.17) is 14.2 Å². The van der Waals surface area contributed by atoms with Crippen LogP contribution in [-0.4, -0.2) is 37.3 Å². The van der Waals surface area contributed by atoms with Crippen LogP contribution in [0, 0.1) is 13.8 Å². The largest absolute Gasteiger partial charge is 0.493 e. The average molecular weight is 373 g/mol. The van der Waals surface area contributed by atoms with Crippen LogP contribution in [0.3, 0.4) is 0 Å². The molecule has 1 aromatic carbocycles. The van der Waals surface area contributed by atoms with Crippen LogP contribution in [0.5, 0.6) is 11.5 Å². The maximum Gasteiger partial charge on any atom is 0.348 e. The molecule has 2 heterocycles. The van der Waals surface area contributed by atoms with Crippen LogP contribution in [0.1, 0.15) is 20.4 Å². The maximum atomic E-state index is 11.8. The number of nitrogens with zero attached hydrogens (tertiary/aromatic N) is 2. The number of thiophene rings is 1. The van der Waals surface area contributed by atoms with E-state index in [0.29, 0.717) is 28.0 Å². The number of carbonyl (C=O) groups is 1. The summed E-state index contributed by atoms with van der Waals surface area (Å²) in [5, 5.41) is 4.09. The molecule has 7 nitrogen and oxygen atoms in total. The van der Waals surface area contributed by atoms with Crippen molar-refractivity contribution in [2.75, 3.05) is 26.6 Å². The molecule has 136 valence electrons. The summed E-state index contributed by atoms with van der Waals surface area (Å²) in [6.07, 6.45) is 0. The van der Waals surface area contributed by atoms with Crippen LogP contribution in [0.25, 0.3) is 10.9 Å². The number of rotatable bonds is 5. The van der Waals surface area contributed by atoms with Gasteiger partial charge in [-0.3, -0.25) is 0 Å². The summed E-state index contributed by atoms with van der Waals surface area (Å²) in [7, 11) is 4.53. The molecule has 3 aromatic rings. The van der Waals surface area contributed by atoms with Crippen molar-refractivity contribution in [2.45, 2.75) is 13.8 Å². The van der Waals surface area contributed by atoms with Crippen molar-refractivity contribution in [1.82, 2.24) is 9.97 Å². The number of fused-ring (bicyclic) bond motifs is 1. The number of methoxy groups -OCH3 is 3. The number of carbonyl (C=O) groups excluding carboxylic acids is 1. The first-order chi connectivity index (χ1) is 12.5. The van der Waals surface area contributed by atoms with Crippen molar-refractivity contribution in [2.24, 2.45) is 0 Å². The fourth-order valence-electron chi connectivity index (χ4n) is 2.60. The highest BCUT2D eigenvalue weighted by Crippen LogP contribution is 2.36. The van der Waals surface area contributed by atoms with Crippen molar-refractivity contribution in [1.29, 1.82) is 0 Å². The zero-order valence-corrected chi connectivity index (χ0v) is 16.0. The number of hydrogen-bond donors (Lipinski definition) is 1. The van der Waals surface area contributed by atoms with E-state index in [2.05, 4.69) is 15.3 Å². The fraction of sp³-hybridized carbons (Fsp3) is 0.278. The molecule has 0 saturated heterocycles. The second kappa shape index (κ2) is 7.17. The van der Waals surface area contributed by atoms with Crippen molar-refractivity contribution in [3.8, 4) is 11.5 Å². The molecule has 0 aliphatic heterocycles. The molecule has 2 aromatic heterocycles. The summed E-state index contributed by atoms with van der Waals surface area (Å²) in [5.41, 5.74) is 1.53. The van der Waals surface area contributed by atoms with Gasteiger partial charge in [-0.2, -0.15) is 0 Å². The first-order valence-corrected chi connectivity index (χ1v) is 8.64. The van der Waals surface area contributed by atoms with Gasteiger partial charge in [0.05, 0.1) is 32.5 Å². The molecule has 0 atom stereocenters. The molecule has 3 rings (SSSR count). The Morgan fingerprint density at radius 3 is 2.38 bits per heavy atom. The lowest BCUT2D eigenvalue weighted by atomic mass is 10.2. The Labute approximate surface area is 154 Å². The van der Waals surface area contributed by atoms with Gasteiger partial charge in [0, 0.05) is 16.3 Å². The fourth-order valence-corrected chi connectivity index (χ4v) is 3.50. The molecule has 0 saturated carbocycles. The maximum absolute atomic E-state index is 11.8. The number of esters is 1. The van der Waals surface area contributed by atoms with Gasteiger partial charge in [-0.25, -0.2) is 14.8 Å². The Balaban J connectivity index is 2.10. The quantitative estimate of drug-likeness (QED) is 0.680. The molecule has 0 bridgehead atoms. The zero-order valence-electron chi connectivity index (χ0n) is 15.2. The number of hydrogen-bond acceptors (Lipinski definition) is 8. The molecule has 0 aliphatic carbocycles. The Morgan fingerprint density at radius 1 is 1.04 bits per heavy atom. The summed E-state index contributed by atoms with van der Waals surface area (Å²) in [6, 6.07) is 5.41. The van der Waals surface area contributed by atoms with E-state index in [0.717, 1.165) is 21.5 Å². The second-order valence-corrected chi connectivity index (χ2v) is 6.80. The molecule has 8 heteroatoms. The minimum absolute atomic E-state index is 0.360. The minimum atomic E-state index is -0.360. The van der Waals surface area contributed by atoms with E-state index in [1.165, 1.54) is 18.4 Å². The van der Waals surface area contributed by atoms with Gasteiger partial charge >= 0.3 is 5.97 Å². The summed E-state index contributed by atoms with van der Waals surface area (Å²) in [4.78, 5) is 22.2. The van der Waals surface area contributed by atoms with Crippen LogP contribution >= 0.6 is 11.3 Å². The molecule has 0 radical (unpaired) electrons. The predicted molar refractivity (Wildman–Crippen MR) is 101 cm³/mol. The van der Waals surface area contributed by atoms with E-state index in [-0.39, 0.29) is 5.97 Å². The minimum Gasteiger partial charge on any atom is -0.493 e. The number of aryl methyl sites for hydroxylation is 2. The molecular formula is C18H19N3O4S. The Morgan fingerprint density at radius 2 is 1.73 bits per heavy atom. The van der Waals surface area contributed by atoms with Crippen LogP contribution < -0.4 is 14.8 Å². The second-order valence-electron chi connectivity index (χ2n) is 5.54. The molecule has 0 fully saturated rings. The highest BCUT2D eigenvalue weighted by Gasteiger charge is 2.16. The van der Waals surface area contributed by atoms with Gasteiger partial charge in [-0.05, 0) is 26.0 Å². The van der Waals surface area contributed by atoms with E-state index < -0.39 is 0 Å². The molecular weight excluding hydrogens is 354 g/mol. The Bertz CT molecular complexity index is 984. The number of benzene rings is 1. The van der Waals surface area contributed by atoms with E-state index in [1.807, 2.05) is 26.0 Å². The van der Waals surface area contributed by atoms with Gasteiger partial charge in [0.1, 0.15) is 16.5 Å². The standard InChI is InChI=1S/C18H19N3O4S/c1-9-12(8-16(26-9)18(22)25-5)21-17-11-6-14(23-3)15(24-4)7-13(11)19-10(2)20-17/h6-8H,1-5H3,(H,19,20,21). The molecule has 0 spiro atoms. The van der Waals surface area contributed by atoms with Gasteiger partial charge in [0.2, 0.25) is 0 Å². The SMILES string of the molecule is COC(=O)c1cc(Nc2nc(C)nc3cc(OC)c(OC)cc23)c(C)s1. The van der Waals surface area contributed by atoms with Crippen LogP contribution in [0.4, 0.5) is 11.5 Å². The van der Waals surface area contributed by atoms with Gasteiger partial charge in [0.25, 0.3) is 0 Å². The lowest BCUT2D eigenvalue weighted by Gasteiger charge is -2.13. The van der Waals surface area contributed by atoms with Gasteiger partial charge < -0.3 is 19.5 Å². The third-order valence-electron chi connectivity index (χ3n) is 3.87. The third kappa shape index (κ3) is 3.28. The predicted octanol–water partition coefficient (Wildman–Crippen LogP) is 3.86. The van der Waals surface area contributed by atoms with Crippen LogP contribution in [-0.2, 0) is 4.74 Å². The van der Waals surface area contributed by atoms with E-state index in [1.54, 1.807) is 20.3 Å².